The molecule has 2 amide bonds. The molecule has 6 heteroatoms. The number of carbonyl (C=O) groups excluding carboxylic acids is 2. The molecule has 24 heavy (non-hydrogen) atoms. The summed E-state index contributed by atoms with van der Waals surface area (Å²) >= 11 is 1.30. The van der Waals surface area contributed by atoms with Gasteiger partial charge in [0.2, 0.25) is 5.91 Å². The number of nitrogens with zero attached hydrogens (tertiary/aromatic N) is 1. The van der Waals surface area contributed by atoms with Gasteiger partial charge in [-0.05, 0) is 47.7 Å². The van der Waals surface area contributed by atoms with Gasteiger partial charge in [-0.15, -0.1) is 0 Å². The molecule has 0 spiro atoms. The summed E-state index contributed by atoms with van der Waals surface area (Å²) in [5, 5.41) is 5.99. The second-order valence-electron chi connectivity index (χ2n) is 5.12. The molecule has 1 fully saturated rings. The minimum atomic E-state index is -0.155. The van der Waals surface area contributed by atoms with Gasteiger partial charge in [-0.3, -0.25) is 9.59 Å². The number of aliphatic imine (C=N–C) groups is 1. The second kappa shape index (κ2) is 7.14. The molecule has 0 unspecified atom stereocenters. The Morgan fingerprint density at radius 1 is 1.12 bits per heavy atom. The summed E-state index contributed by atoms with van der Waals surface area (Å²) in [5.74, 6) is -0.277. The van der Waals surface area contributed by atoms with Crippen molar-refractivity contribution < 1.29 is 9.59 Å². The van der Waals surface area contributed by atoms with Crippen molar-refractivity contribution >= 4 is 46.2 Å². The van der Waals surface area contributed by atoms with Crippen LogP contribution in [0.4, 0.5) is 11.4 Å². The first-order chi connectivity index (χ1) is 11.6. The Morgan fingerprint density at radius 3 is 2.50 bits per heavy atom. The molecule has 2 N–H and O–H groups in total. The lowest BCUT2D eigenvalue weighted by Crippen LogP contribution is -2.19. The number of hydrogen-bond donors (Lipinski definition) is 2. The molecule has 0 aromatic heterocycles. The van der Waals surface area contributed by atoms with Gasteiger partial charge in [0.05, 0.1) is 10.6 Å². The Balaban J connectivity index is 1.74. The number of benzene rings is 2. The number of thioether (sulfide) groups is 1. The summed E-state index contributed by atoms with van der Waals surface area (Å²) in [5.41, 5.74) is 2.38. The lowest BCUT2D eigenvalue weighted by atomic mass is 10.2. The van der Waals surface area contributed by atoms with Crippen molar-refractivity contribution in [1.82, 2.24) is 5.32 Å². The predicted molar refractivity (Wildman–Crippen MR) is 98.0 cm³/mol. The Labute approximate surface area is 143 Å². The molecule has 0 bridgehead atoms. The van der Waals surface area contributed by atoms with Crippen molar-refractivity contribution in [3.05, 3.63) is 65.1 Å². The zero-order valence-corrected chi connectivity index (χ0v) is 13.8. The van der Waals surface area contributed by atoms with E-state index in [1.165, 1.54) is 18.7 Å². The average Bonchev–Trinajstić information content (AvgIpc) is 2.89. The molecule has 5 nitrogen and oxygen atoms in total. The van der Waals surface area contributed by atoms with Crippen molar-refractivity contribution in [1.29, 1.82) is 0 Å². The molecular weight excluding hydrogens is 322 g/mol. The van der Waals surface area contributed by atoms with Gasteiger partial charge in [0.1, 0.15) is 0 Å². The number of anilines is 1. The van der Waals surface area contributed by atoms with Crippen molar-refractivity contribution in [3.63, 3.8) is 0 Å². The largest absolute Gasteiger partial charge is 0.326 e. The van der Waals surface area contributed by atoms with Crippen LogP contribution in [-0.2, 0) is 9.59 Å². The molecule has 1 saturated heterocycles. The summed E-state index contributed by atoms with van der Waals surface area (Å²) in [4.78, 5) is 28.1. The van der Waals surface area contributed by atoms with E-state index in [-0.39, 0.29) is 11.8 Å². The summed E-state index contributed by atoms with van der Waals surface area (Å²) in [6.45, 7) is 1.46. The van der Waals surface area contributed by atoms with Gasteiger partial charge in [-0.25, -0.2) is 4.99 Å². The van der Waals surface area contributed by atoms with Gasteiger partial charge >= 0.3 is 0 Å². The molecule has 2 aromatic carbocycles. The minimum absolute atomic E-state index is 0.122. The van der Waals surface area contributed by atoms with E-state index < -0.39 is 0 Å². The van der Waals surface area contributed by atoms with Crippen LogP contribution in [0.15, 0.2) is 64.5 Å². The standard InChI is InChI=1S/C18H15N3O2S/c1-12(22)19-14-7-9-15(10-8-14)20-18-21-17(23)16(24-18)11-13-5-3-2-4-6-13/h2-11H,1H3,(H,19,22)(H,20,21,23)/b16-11-. The lowest BCUT2D eigenvalue weighted by molar-refractivity contribution is -0.115. The Kier molecular flexibility index (Phi) is 4.77. The first-order valence-corrected chi connectivity index (χ1v) is 8.14. The van der Waals surface area contributed by atoms with Crippen LogP contribution < -0.4 is 10.6 Å². The highest BCUT2D eigenvalue weighted by molar-refractivity contribution is 8.18. The zero-order chi connectivity index (χ0) is 16.9. The maximum atomic E-state index is 12.0. The number of nitrogens with one attached hydrogen (secondary N) is 2. The summed E-state index contributed by atoms with van der Waals surface area (Å²) in [6, 6.07) is 16.8. The Bertz CT molecular complexity index is 827. The van der Waals surface area contributed by atoms with Crippen LogP contribution in [0.5, 0.6) is 0 Å². The fourth-order valence-electron chi connectivity index (χ4n) is 2.12. The average molecular weight is 337 g/mol. The third-order valence-corrected chi connectivity index (χ3v) is 4.08. The summed E-state index contributed by atoms with van der Waals surface area (Å²) in [7, 11) is 0. The van der Waals surface area contributed by atoms with Crippen LogP contribution in [-0.4, -0.2) is 17.0 Å². The highest BCUT2D eigenvalue weighted by Crippen LogP contribution is 2.28. The van der Waals surface area contributed by atoms with E-state index in [1.807, 2.05) is 36.4 Å². The molecule has 0 atom stereocenters. The van der Waals surface area contributed by atoms with E-state index in [2.05, 4.69) is 15.6 Å². The van der Waals surface area contributed by atoms with E-state index in [0.29, 0.717) is 21.4 Å². The fourth-order valence-corrected chi connectivity index (χ4v) is 2.96. The molecule has 0 radical (unpaired) electrons. The zero-order valence-electron chi connectivity index (χ0n) is 12.9. The Hall–Kier alpha value is -2.86. The molecule has 120 valence electrons. The monoisotopic (exact) mass is 337 g/mol. The third kappa shape index (κ3) is 4.11. The van der Waals surface area contributed by atoms with Gasteiger partial charge in [0, 0.05) is 12.6 Å². The van der Waals surface area contributed by atoms with Crippen molar-refractivity contribution in [2.45, 2.75) is 6.92 Å². The molecule has 1 heterocycles. The number of hydrogen-bond acceptors (Lipinski definition) is 4. The van der Waals surface area contributed by atoms with E-state index in [1.54, 1.807) is 24.3 Å². The van der Waals surface area contributed by atoms with Gasteiger partial charge in [0.25, 0.3) is 5.91 Å². The number of amides is 2. The second-order valence-corrected chi connectivity index (χ2v) is 6.15. The molecule has 0 saturated carbocycles. The Morgan fingerprint density at radius 2 is 1.83 bits per heavy atom. The van der Waals surface area contributed by atoms with Crippen LogP contribution in [0.2, 0.25) is 0 Å². The van der Waals surface area contributed by atoms with Crippen LogP contribution in [0.1, 0.15) is 12.5 Å². The highest BCUT2D eigenvalue weighted by Gasteiger charge is 2.23. The third-order valence-electron chi connectivity index (χ3n) is 3.17. The van der Waals surface area contributed by atoms with Gasteiger partial charge < -0.3 is 10.6 Å². The van der Waals surface area contributed by atoms with Crippen LogP contribution in [0.25, 0.3) is 6.08 Å². The lowest BCUT2D eigenvalue weighted by Gasteiger charge is -2.02. The molecule has 3 rings (SSSR count). The first kappa shape index (κ1) is 16.0. The maximum absolute atomic E-state index is 12.0. The number of rotatable bonds is 3. The van der Waals surface area contributed by atoms with E-state index in [0.717, 1.165) is 5.56 Å². The van der Waals surface area contributed by atoms with Gasteiger partial charge in [-0.2, -0.15) is 0 Å². The predicted octanol–water partition coefficient (Wildman–Crippen LogP) is 3.54. The van der Waals surface area contributed by atoms with Crippen LogP contribution in [0.3, 0.4) is 0 Å². The number of amidine groups is 1. The summed E-state index contributed by atoms with van der Waals surface area (Å²) < 4.78 is 0. The van der Waals surface area contributed by atoms with Crippen molar-refractivity contribution in [2.75, 3.05) is 5.32 Å². The SMILES string of the molecule is CC(=O)Nc1ccc(N=C2NC(=O)/C(=C/c3ccccc3)S2)cc1. The summed E-state index contributed by atoms with van der Waals surface area (Å²) in [6.07, 6.45) is 1.84. The molecule has 2 aromatic rings. The van der Waals surface area contributed by atoms with Gasteiger partial charge in [-0.1, -0.05) is 30.3 Å². The topological polar surface area (TPSA) is 70.6 Å². The first-order valence-electron chi connectivity index (χ1n) is 7.32. The smallest absolute Gasteiger partial charge is 0.264 e. The molecule has 0 aliphatic carbocycles. The van der Waals surface area contributed by atoms with E-state index in [9.17, 15) is 9.59 Å². The van der Waals surface area contributed by atoms with Crippen molar-refractivity contribution in [3.8, 4) is 0 Å². The fraction of sp³-hybridized carbons (Fsp3) is 0.0556. The maximum Gasteiger partial charge on any atom is 0.264 e. The minimum Gasteiger partial charge on any atom is -0.326 e. The van der Waals surface area contributed by atoms with E-state index >= 15 is 0 Å². The highest BCUT2D eigenvalue weighted by atomic mass is 32.2. The van der Waals surface area contributed by atoms with Crippen LogP contribution in [0, 0.1) is 0 Å². The quantitative estimate of drug-likeness (QED) is 0.842. The van der Waals surface area contributed by atoms with Crippen molar-refractivity contribution in [2.24, 2.45) is 4.99 Å². The molecular formula is C18H15N3O2S. The van der Waals surface area contributed by atoms with Crippen LogP contribution >= 0.6 is 11.8 Å². The van der Waals surface area contributed by atoms with Gasteiger partial charge in [0.15, 0.2) is 5.17 Å². The molecule has 1 aliphatic rings. The van der Waals surface area contributed by atoms with E-state index in [4.69, 9.17) is 0 Å². The molecule has 1 aliphatic heterocycles. The number of carbonyl (C=O) groups is 2. The normalized spacial score (nSPS) is 17.1.